The Morgan fingerprint density at radius 1 is 0.630 bits per heavy atom. The molecule has 0 aliphatic carbocycles. The van der Waals surface area contributed by atoms with E-state index in [2.05, 4.69) is 10.2 Å². The number of imide groups is 2. The summed E-state index contributed by atoms with van der Waals surface area (Å²) in [6, 6.07) is 19.4. The van der Waals surface area contributed by atoms with E-state index in [9.17, 15) is 32.8 Å². The monoisotopic (exact) mass is 637 g/mol. The SMILES string of the molecule is O=C(c1cc(Cl)ccc1-n1c(CN2C(=O)c3ccccc3C2=O)nnc1CN1C(=O)c2ccccc2C1=O)c1c(F)cccc1F. The van der Waals surface area contributed by atoms with Crippen molar-refractivity contribution in [1.29, 1.82) is 0 Å². The number of hydrogen-bond acceptors (Lipinski definition) is 7. The number of nitrogens with zero attached hydrogens (tertiary/aromatic N) is 5. The van der Waals surface area contributed by atoms with Crippen molar-refractivity contribution in [2.75, 3.05) is 0 Å². The molecular formula is C33H18ClF2N5O5. The van der Waals surface area contributed by atoms with Crippen LogP contribution in [-0.2, 0) is 13.1 Å². The number of benzene rings is 4. The molecule has 2 aliphatic rings. The zero-order valence-electron chi connectivity index (χ0n) is 23.4. The Kier molecular flexibility index (Phi) is 6.86. The lowest BCUT2D eigenvalue weighted by molar-refractivity contribution is 0.0626. The van der Waals surface area contributed by atoms with Gasteiger partial charge in [0.1, 0.15) is 11.6 Å². The topological polar surface area (TPSA) is 123 Å². The van der Waals surface area contributed by atoms with Gasteiger partial charge in [-0.15, -0.1) is 10.2 Å². The molecule has 1 aromatic heterocycles. The summed E-state index contributed by atoms with van der Waals surface area (Å²) in [6.07, 6.45) is 0. The van der Waals surface area contributed by atoms with Crippen LogP contribution >= 0.6 is 11.6 Å². The highest BCUT2D eigenvalue weighted by molar-refractivity contribution is 6.31. The lowest BCUT2D eigenvalue weighted by Gasteiger charge is -2.19. The highest BCUT2D eigenvalue weighted by atomic mass is 35.5. The van der Waals surface area contributed by atoms with E-state index in [-0.39, 0.29) is 50.2 Å². The normalized spacial score (nSPS) is 13.9. The van der Waals surface area contributed by atoms with E-state index in [4.69, 9.17) is 11.6 Å². The van der Waals surface area contributed by atoms with Crippen molar-refractivity contribution < 1.29 is 32.8 Å². The third kappa shape index (κ3) is 4.49. The molecule has 10 nitrogen and oxygen atoms in total. The Hall–Kier alpha value is -5.88. The molecule has 226 valence electrons. The zero-order valence-corrected chi connectivity index (χ0v) is 24.2. The minimum Gasteiger partial charge on any atom is -0.288 e. The molecule has 0 unspecified atom stereocenters. The number of rotatable bonds is 7. The van der Waals surface area contributed by atoms with Crippen LogP contribution in [0.4, 0.5) is 8.78 Å². The standard InChI is InChI=1S/C33H18ClF2N5O5/c34-17-12-13-25(22(14-17)29(42)28-23(35)10-5-11-24(28)36)41-26(15-39-30(43)18-6-1-2-7-19(18)31(39)44)37-38-27(41)16-40-32(45)20-8-3-4-9-21(20)33(40)46/h1-14H,15-16H2. The average molecular weight is 638 g/mol. The van der Waals surface area contributed by atoms with Gasteiger partial charge in [-0.3, -0.25) is 38.3 Å². The number of carbonyl (C=O) groups is 5. The molecule has 13 heteroatoms. The molecule has 0 radical (unpaired) electrons. The number of halogens is 3. The fourth-order valence-electron chi connectivity index (χ4n) is 5.62. The van der Waals surface area contributed by atoms with Gasteiger partial charge in [-0.2, -0.15) is 0 Å². The second-order valence-electron chi connectivity index (χ2n) is 10.4. The van der Waals surface area contributed by atoms with Crippen molar-refractivity contribution in [2.45, 2.75) is 13.1 Å². The van der Waals surface area contributed by atoms with E-state index < -0.39 is 59.7 Å². The van der Waals surface area contributed by atoms with Crippen LogP contribution in [0.1, 0.15) is 69.0 Å². The van der Waals surface area contributed by atoms with Crippen LogP contribution in [0.5, 0.6) is 0 Å². The molecule has 0 bridgehead atoms. The smallest absolute Gasteiger partial charge is 0.261 e. The molecule has 0 atom stereocenters. The van der Waals surface area contributed by atoms with Gasteiger partial charge >= 0.3 is 0 Å². The molecule has 0 saturated carbocycles. The maximum Gasteiger partial charge on any atom is 0.261 e. The number of amides is 4. The number of ketones is 1. The van der Waals surface area contributed by atoms with Crippen molar-refractivity contribution in [3.8, 4) is 5.69 Å². The Labute approximate surface area is 263 Å². The maximum absolute atomic E-state index is 14.8. The fraction of sp³-hybridized carbons (Fsp3) is 0.0606. The number of hydrogen-bond donors (Lipinski definition) is 0. The lowest BCUT2D eigenvalue weighted by Crippen LogP contribution is -2.32. The molecule has 3 heterocycles. The number of carbonyl (C=O) groups excluding carboxylic acids is 5. The van der Waals surface area contributed by atoms with Crippen LogP contribution in [0.2, 0.25) is 5.02 Å². The highest BCUT2D eigenvalue weighted by Gasteiger charge is 2.39. The van der Waals surface area contributed by atoms with Gasteiger partial charge in [-0.1, -0.05) is 41.9 Å². The largest absolute Gasteiger partial charge is 0.288 e. The summed E-state index contributed by atoms with van der Waals surface area (Å²) in [5.41, 5.74) is -0.416. The first-order valence-electron chi connectivity index (χ1n) is 13.8. The molecule has 0 saturated heterocycles. The summed E-state index contributed by atoms with van der Waals surface area (Å²) in [7, 11) is 0. The molecule has 7 rings (SSSR count). The average Bonchev–Trinajstić information content (AvgIpc) is 3.64. The summed E-state index contributed by atoms with van der Waals surface area (Å²) in [5.74, 6) is -5.79. The highest BCUT2D eigenvalue weighted by Crippen LogP contribution is 2.31. The van der Waals surface area contributed by atoms with Gasteiger partial charge in [-0.05, 0) is 54.6 Å². The lowest BCUT2D eigenvalue weighted by atomic mass is 10.00. The Morgan fingerprint density at radius 3 is 1.50 bits per heavy atom. The summed E-state index contributed by atoms with van der Waals surface area (Å²) < 4.78 is 30.9. The minimum atomic E-state index is -1.11. The van der Waals surface area contributed by atoms with Crippen LogP contribution in [0.15, 0.2) is 84.9 Å². The van der Waals surface area contributed by atoms with Crippen molar-refractivity contribution in [1.82, 2.24) is 24.6 Å². The molecule has 0 N–H and O–H groups in total. The zero-order chi connectivity index (χ0) is 32.3. The van der Waals surface area contributed by atoms with Crippen LogP contribution in [-0.4, -0.2) is 54.0 Å². The third-order valence-electron chi connectivity index (χ3n) is 7.79. The van der Waals surface area contributed by atoms with E-state index in [1.54, 1.807) is 24.3 Å². The minimum absolute atomic E-state index is 0.0275. The fourth-order valence-corrected chi connectivity index (χ4v) is 5.79. The van der Waals surface area contributed by atoms with Crippen molar-refractivity contribution in [2.24, 2.45) is 0 Å². The number of fused-ring (bicyclic) bond motifs is 2. The molecule has 2 aliphatic heterocycles. The van der Waals surface area contributed by atoms with Crippen molar-refractivity contribution in [3.05, 3.63) is 147 Å². The summed E-state index contributed by atoms with van der Waals surface area (Å²) >= 11 is 6.25. The molecule has 46 heavy (non-hydrogen) atoms. The Bertz CT molecular complexity index is 2000. The molecule has 4 aromatic carbocycles. The first kappa shape index (κ1) is 28.9. The molecule has 5 aromatic rings. The van der Waals surface area contributed by atoms with Gasteiger partial charge in [0.05, 0.1) is 46.6 Å². The van der Waals surface area contributed by atoms with E-state index in [0.717, 1.165) is 28.0 Å². The second-order valence-corrected chi connectivity index (χ2v) is 10.9. The van der Waals surface area contributed by atoms with Gasteiger partial charge in [0.15, 0.2) is 11.6 Å². The van der Waals surface area contributed by atoms with Crippen LogP contribution < -0.4 is 0 Å². The molecular weight excluding hydrogens is 620 g/mol. The first-order chi connectivity index (χ1) is 22.2. The summed E-state index contributed by atoms with van der Waals surface area (Å²) in [5, 5.41) is 8.43. The second kappa shape index (κ2) is 10.9. The van der Waals surface area contributed by atoms with E-state index in [1.807, 2.05) is 0 Å². The summed E-state index contributed by atoms with van der Waals surface area (Å²) in [4.78, 5) is 68.5. The molecule has 0 fully saturated rings. The van der Waals surface area contributed by atoms with Gasteiger partial charge in [-0.25, -0.2) is 8.78 Å². The van der Waals surface area contributed by atoms with E-state index in [1.165, 1.54) is 47.0 Å². The predicted octanol–water partition coefficient (Wildman–Crippen LogP) is 5.02. The molecule has 4 amide bonds. The van der Waals surface area contributed by atoms with Crippen molar-refractivity contribution in [3.63, 3.8) is 0 Å². The summed E-state index contributed by atoms with van der Waals surface area (Å²) in [6.45, 7) is -0.877. The van der Waals surface area contributed by atoms with Gasteiger partial charge in [0.25, 0.3) is 23.6 Å². The first-order valence-corrected chi connectivity index (χ1v) is 14.2. The van der Waals surface area contributed by atoms with Crippen LogP contribution in [0.25, 0.3) is 5.69 Å². The maximum atomic E-state index is 14.8. The van der Waals surface area contributed by atoms with Gasteiger partial charge < -0.3 is 0 Å². The van der Waals surface area contributed by atoms with E-state index in [0.29, 0.717) is 0 Å². The Morgan fingerprint density at radius 2 is 1.07 bits per heavy atom. The van der Waals surface area contributed by atoms with Crippen LogP contribution in [0.3, 0.4) is 0 Å². The van der Waals surface area contributed by atoms with Crippen LogP contribution in [0, 0.1) is 11.6 Å². The van der Waals surface area contributed by atoms with Gasteiger partial charge in [0.2, 0.25) is 5.78 Å². The third-order valence-corrected chi connectivity index (χ3v) is 8.02. The van der Waals surface area contributed by atoms with E-state index >= 15 is 0 Å². The van der Waals surface area contributed by atoms with Gasteiger partial charge in [0, 0.05) is 10.6 Å². The quantitative estimate of drug-likeness (QED) is 0.181. The van der Waals surface area contributed by atoms with Crippen molar-refractivity contribution >= 4 is 41.0 Å². The Balaban J connectivity index is 1.37. The molecule has 0 spiro atoms. The predicted molar refractivity (Wildman–Crippen MR) is 157 cm³/mol. The number of aromatic nitrogens is 3.